The number of nitriles is 1. The van der Waals surface area contributed by atoms with Crippen molar-refractivity contribution in [3.05, 3.63) is 29.3 Å². The molecule has 0 bridgehead atoms. The molecule has 0 aliphatic carbocycles. The molecule has 0 aliphatic heterocycles. The first-order valence-electron chi connectivity index (χ1n) is 8.23. The number of hydrogen-bond acceptors (Lipinski definition) is 5. The first kappa shape index (κ1) is 20.3. The molecule has 138 valence electrons. The highest BCUT2D eigenvalue weighted by Gasteiger charge is 2.32. The quantitative estimate of drug-likeness (QED) is 0.759. The average molecular weight is 392 g/mol. The molecular weight excluding hydrogens is 370 g/mol. The van der Waals surface area contributed by atoms with E-state index in [-0.39, 0.29) is 11.8 Å². The lowest BCUT2D eigenvalue weighted by molar-refractivity contribution is -0.121. The minimum absolute atomic E-state index is 0.00435. The maximum atomic E-state index is 12.5. The van der Waals surface area contributed by atoms with Gasteiger partial charge < -0.3 is 9.88 Å². The van der Waals surface area contributed by atoms with Crippen molar-refractivity contribution in [2.24, 2.45) is 13.0 Å². The van der Waals surface area contributed by atoms with E-state index < -0.39 is 10.8 Å². The van der Waals surface area contributed by atoms with Crippen molar-refractivity contribution in [3.8, 4) is 17.5 Å². The third-order valence-corrected chi connectivity index (χ3v) is 5.83. The summed E-state index contributed by atoms with van der Waals surface area (Å²) in [5.74, 6) is 0.417. The van der Waals surface area contributed by atoms with Gasteiger partial charge in [-0.05, 0) is 31.9 Å². The van der Waals surface area contributed by atoms with E-state index in [0.29, 0.717) is 16.0 Å². The van der Waals surface area contributed by atoms with Crippen molar-refractivity contribution in [1.29, 1.82) is 5.26 Å². The van der Waals surface area contributed by atoms with Crippen molar-refractivity contribution in [1.82, 2.24) is 20.1 Å². The average Bonchev–Trinajstić information content (AvgIpc) is 2.95. The number of amides is 1. The summed E-state index contributed by atoms with van der Waals surface area (Å²) in [5, 5.41) is 21.3. The number of benzene rings is 1. The Morgan fingerprint density at radius 1 is 1.35 bits per heavy atom. The maximum absolute atomic E-state index is 12.5. The predicted octanol–water partition coefficient (Wildman–Crippen LogP) is 3.67. The van der Waals surface area contributed by atoms with Crippen molar-refractivity contribution < 1.29 is 4.79 Å². The van der Waals surface area contributed by atoms with Gasteiger partial charge in [0.25, 0.3) is 0 Å². The Balaban J connectivity index is 2.16. The second-order valence-electron chi connectivity index (χ2n) is 6.56. The fraction of sp³-hybridized carbons (Fsp3) is 0.444. The maximum Gasteiger partial charge on any atom is 0.234 e. The standard InChI is InChI=1S/C18H22ClN5OS/c1-11(2)18(4,10-20)21-16(25)12(3)26-17-23-22-15(24(17)5)13-8-6-7-9-14(13)19/h6-9,11-12H,1-5H3,(H,21,25)/t12-,18+/m0/s1. The molecule has 8 heteroatoms. The van der Waals surface area contributed by atoms with Crippen LogP contribution in [0.1, 0.15) is 27.7 Å². The van der Waals surface area contributed by atoms with E-state index in [1.165, 1.54) is 11.8 Å². The number of nitrogens with zero attached hydrogens (tertiary/aromatic N) is 4. The van der Waals surface area contributed by atoms with Crippen LogP contribution in [0.25, 0.3) is 11.4 Å². The molecular formula is C18H22ClN5OS. The number of carbonyl (C=O) groups excluding carboxylic acids is 1. The van der Waals surface area contributed by atoms with Gasteiger partial charge in [0.2, 0.25) is 5.91 Å². The van der Waals surface area contributed by atoms with Crippen molar-refractivity contribution >= 4 is 29.3 Å². The van der Waals surface area contributed by atoms with Gasteiger partial charge in [-0.1, -0.05) is 49.3 Å². The Labute approximate surface area is 162 Å². The van der Waals surface area contributed by atoms with E-state index in [2.05, 4.69) is 21.6 Å². The Kier molecular flexibility index (Phi) is 6.32. The van der Waals surface area contributed by atoms with Gasteiger partial charge in [-0.2, -0.15) is 5.26 Å². The topological polar surface area (TPSA) is 83.6 Å². The van der Waals surface area contributed by atoms with Gasteiger partial charge in [-0.25, -0.2) is 0 Å². The smallest absolute Gasteiger partial charge is 0.234 e. The minimum Gasteiger partial charge on any atom is -0.337 e. The van der Waals surface area contributed by atoms with Gasteiger partial charge >= 0.3 is 0 Å². The van der Waals surface area contributed by atoms with Crippen LogP contribution in [-0.2, 0) is 11.8 Å². The second-order valence-corrected chi connectivity index (χ2v) is 8.28. The molecule has 1 aromatic carbocycles. The van der Waals surface area contributed by atoms with Gasteiger partial charge in [0.15, 0.2) is 11.0 Å². The van der Waals surface area contributed by atoms with Crippen LogP contribution in [0.15, 0.2) is 29.4 Å². The van der Waals surface area contributed by atoms with E-state index >= 15 is 0 Å². The summed E-state index contributed by atoms with van der Waals surface area (Å²) in [6.45, 7) is 7.31. The molecule has 1 heterocycles. The number of thioether (sulfide) groups is 1. The van der Waals surface area contributed by atoms with E-state index in [4.69, 9.17) is 11.6 Å². The SMILES string of the molecule is CC(C)[C@@](C)(C#N)NC(=O)[C@H](C)Sc1nnc(-c2ccccc2Cl)n1C. The normalized spacial score (nSPS) is 14.5. The number of aromatic nitrogens is 3. The number of nitrogens with one attached hydrogen (secondary N) is 1. The highest BCUT2D eigenvalue weighted by molar-refractivity contribution is 8.00. The summed E-state index contributed by atoms with van der Waals surface area (Å²) in [6.07, 6.45) is 0. The molecule has 0 spiro atoms. The molecule has 1 amide bonds. The van der Waals surface area contributed by atoms with Crippen LogP contribution in [0, 0.1) is 17.2 Å². The summed E-state index contributed by atoms with van der Waals surface area (Å²) in [4.78, 5) is 12.5. The molecule has 6 nitrogen and oxygen atoms in total. The van der Waals surface area contributed by atoms with E-state index in [9.17, 15) is 10.1 Å². The van der Waals surface area contributed by atoms with Crippen LogP contribution in [-0.4, -0.2) is 31.5 Å². The van der Waals surface area contributed by atoms with Gasteiger partial charge in [0.1, 0.15) is 5.54 Å². The molecule has 2 atom stereocenters. The number of hydrogen-bond donors (Lipinski definition) is 1. The third-order valence-electron chi connectivity index (χ3n) is 4.37. The van der Waals surface area contributed by atoms with E-state index in [0.717, 1.165) is 5.56 Å². The molecule has 0 aliphatic rings. The first-order chi connectivity index (χ1) is 12.2. The molecule has 2 aromatic rings. The van der Waals surface area contributed by atoms with Crippen LogP contribution in [0.5, 0.6) is 0 Å². The van der Waals surface area contributed by atoms with Crippen molar-refractivity contribution in [3.63, 3.8) is 0 Å². The fourth-order valence-corrected chi connectivity index (χ4v) is 3.20. The molecule has 1 aromatic heterocycles. The fourth-order valence-electron chi connectivity index (χ4n) is 2.17. The van der Waals surface area contributed by atoms with Crippen LogP contribution < -0.4 is 5.32 Å². The summed E-state index contributed by atoms with van der Waals surface area (Å²) in [6, 6.07) is 9.58. The molecule has 0 saturated heterocycles. The van der Waals surface area contributed by atoms with Gasteiger partial charge in [0, 0.05) is 12.6 Å². The first-order valence-corrected chi connectivity index (χ1v) is 9.49. The monoisotopic (exact) mass is 391 g/mol. The van der Waals surface area contributed by atoms with Gasteiger partial charge in [-0.3, -0.25) is 4.79 Å². The lowest BCUT2D eigenvalue weighted by atomic mass is 9.90. The molecule has 0 fully saturated rings. The van der Waals surface area contributed by atoms with Gasteiger partial charge in [-0.15, -0.1) is 10.2 Å². The zero-order chi connectivity index (χ0) is 19.5. The molecule has 26 heavy (non-hydrogen) atoms. The van der Waals surface area contributed by atoms with E-state index in [1.54, 1.807) is 19.9 Å². The minimum atomic E-state index is -0.908. The van der Waals surface area contributed by atoms with E-state index in [1.807, 2.05) is 43.7 Å². The van der Waals surface area contributed by atoms with Crippen LogP contribution in [0.4, 0.5) is 0 Å². The van der Waals surface area contributed by atoms with Crippen LogP contribution in [0.3, 0.4) is 0 Å². The second kappa shape index (κ2) is 8.11. The zero-order valence-electron chi connectivity index (χ0n) is 15.4. The van der Waals surface area contributed by atoms with Gasteiger partial charge in [0.05, 0.1) is 16.3 Å². The van der Waals surface area contributed by atoms with Crippen LogP contribution in [0.2, 0.25) is 5.02 Å². The lowest BCUT2D eigenvalue weighted by Gasteiger charge is -2.28. The summed E-state index contributed by atoms with van der Waals surface area (Å²) in [5.41, 5.74) is -0.126. The van der Waals surface area contributed by atoms with Crippen molar-refractivity contribution in [2.45, 2.75) is 43.6 Å². The lowest BCUT2D eigenvalue weighted by Crippen LogP contribution is -2.51. The number of carbonyl (C=O) groups is 1. The highest BCUT2D eigenvalue weighted by Crippen LogP contribution is 2.30. The van der Waals surface area contributed by atoms with Crippen molar-refractivity contribution in [2.75, 3.05) is 0 Å². The van der Waals surface area contributed by atoms with Crippen LogP contribution >= 0.6 is 23.4 Å². The molecule has 0 saturated carbocycles. The Morgan fingerprint density at radius 3 is 2.58 bits per heavy atom. The molecule has 0 radical (unpaired) electrons. The highest BCUT2D eigenvalue weighted by atomic mass is 35.5. The largest absolute Gasteiger partial charge is 0.337 e. The Bertz CT molecular complexity index is 844. The summed E-state index contributed by atoms with van der Waals surface area (Å²) < 4.78 is 1.81. The molecule has 1 N–H and O–H groups in total. The number of halogens is 1. The predicted molar refractivity (Wildman–Crippen MR) is 104 cm³/mol. The summed E-state index contributed by atoms with van der Waals surface area (Å²) >= 11 is 7.52. The number of rotatable bonds is 6. The third kappa shape index (κ3) is 4.19. The Hall–Kier alpha value is -2.04. The Morgan fingerprint density at radius 2 is 2.00 bits per heavy atom. The molecule has 2 rings (SSSR count). The zero-order valence-corrected chi connectivity index (χ0v) is 17.0. The molecule has 0 unspecified atom stereocenters. The summed E-state index contributed by atoms with van der Waals surface area (Å²) in [7, 11) is 1.83.